The van der Waals surface area contributed by atoms with Gasteiger partial charge in [0.15, 0.2) is 0 Å². The van der Waals surface area contributed by atoms with Crippen molar-refractivity contribution in [1.29, 1.82) is 0 Å². The third kappa shape index (κ3) is 3.33. The summed E-state index contributed by atoms with van der Waals surface area (Å²) in [6, 6.07) is 0.531. The third-order valence-electron chi connectivity index (χ3n) is 2.70. The number of nitrogens with one attached hydrogen (secondary N) is 1. The van der Waals surface area contributed by atoms with Crippen LogP contribution < -0.4 is 11.3 Å². The standard InChI is InChI=1S/C9H20N2S/c1-12-7-9(11-10)6-8-4-2-3-5-8/h8-9,11H,2-7,10H2,1H3. The quantitative estimate of drug-likeness (QED) is 0.510. The number of hydrogen-bond acceptors (Lipinski definition) is 3. The minimum Gasteiger partial charge on any atom is -0.271 e. The summed E-state index contributed by atoms with van der Waals surface area (Å²) in [7, 11) is 0. The molecule has 0 saturated heterocycles. The summed E-state index contributed by atoms with van der Waals surface area (Å²) >= 11 is 1.88. The third-order valence-corrected chi connectivity index (χ3v) is 3.43. The van der Waals surface area contributed by atoms with Crippen LogP contribution in [0.15, 0.2) is 0 Å². The summed E-state index contributed by atoms with van der Waals surface area (Å²) in [5.74, 6) is 7.56. The van der Waals surface area contributed by atoms with E-state index in [1.165, 1.54) is 32.1 Å². The molecule has 3 heteroatoms. The molecule has 0 aromatic carbocycles. The minimum atomic E-state index is 0.531. The van der Waals surface area contributed by atoms with Gasteiger partial charge in [0.05, 0.1) is 0 Å². The first-order valence-corrected chi connectivity index (χ1v) is 6.21. The summed E-state index contributed by atoms with van der Waals surface area (Å²) < 4.78 is 0. The molecule has 0 aromatic heterocycles. The molecule has 0 amide bonds. The minimum absolute atomic E-state index is 0.531. The van der Waals surface area contributed by atoms with Gasteiger partial charge in [0.25, 0.3) is 0 Å². The van der Waals surface area contributed by atoms with Crippen molar-refractivity contribution in [2.75, 3.05) is 12.0 Å². The number of thioether (sulfide) groups is 1. The molecule has 0 bridgehead atoms. The summed E-state index contributed by atoms with van der Waals surface area (Å²) in [4.78, 5) is 0. The van der Waals surface area contributed by atoms with E-state index >= 15 is 0 Å². The molecule has 0 radical (unpaired) electrons. The van der Waals surface area contributed by atoms with Crippen LogP contribution in [0.25, 0.3) is 0 Å². The molecule has 1 saturated carbocycles. The maximum Gasteiger partial charge on any atom is 0.0303 e. The van der Waals surface area contributed by atoms with E-state index in [1.54, 1.807) is 0 Å². The van der Waals surface area contributed by atoms with Crippen LogP contribution in [-0.2, 0) is 0 Å². The maximum atomic E-state index is 5.47. The molecule has 12 heavy (non-hydrogen) atoms. The molecule has 0 spiro atoms. The first-order valence-electron chi connectivity index (χ1n) is 4.82. The van der Waals surface area contributed by atoms with Crippen LogP contribution in [0.4, 0.5) is 0 Å². The summed E-state index contributed by atoms with van der Waals surface area (Å²) in [6.45, 7) is 0. The van der Waals surface area contributed by atoms with E-state index in [0.29, 0.717) is 6.04 Å². The molecule has 1 rings (SSSR count). The average molecular weight is 188 g/mol. The molecular formula is C9H20N2S. The second-order valence-electron chi connectivity index (χ2n) is 3.71. The van der Waals surface area contributed by atoms with Crippen molar-refractivity contribution < 1.29 is 0 Å². The summed E-state index contributed by atoms with van der Waals surface area (Å²) in [5, 5.41) is 0. The van der Waals surface area contributed by atoms with E-state index in [9.17, 15) is 0 Å². The SMILES string of the molecule is CSCC(CC1CCCC1)NN. The van der Waals surface area contributed by atoms with E-state index in [4.69, 9.17) is 5.84 Å². The maximum absolute atomic E-state index is 5.47. The fourth-order valence-electron chi connectivity index (χ4n) is 2.03. The Balaban J connectivity index is 2.16. The first-order chi connectivity index (χ1) is 5.86. The van der Waals surface area contributed by atoms with Crippen LogP contribution in [0.5, 0.6) is 0 Å². The van der Waals surface area contributed by atoms with Gasteiger partial charge < -0.3 is 0 Å². The molecule has 72 valence electrons. The Morgan fingerprint density at radius 3 is 2.67 bits per heavy atom. The highest BCUT2D eigenvalue weighted by atomic mass is 32.2. The first kappa shape index (κ1) is 10.4. The molecule has 1 unspecified atom stereocenters. The predicted molar refractivity (Wildman–Crippen MR) is 56.1 cm³/mol. The van der Waals surface area contributed by atoms with Crippen molar-refractivity contribution in [3.05, 3.63) is 0 Å². The molecule has 1 aliphatic carbocycles. The van der Waals surface area contributed by atoms with Gasteiger partial charge in [0, 0.05) is 11.8 Å². The smallest absolute Gasteiger partial charge is 0.0303 e. The zero-order chi connectivity index (χ0) is 8.81. The van der Waals surface area contributed by atoms with Crippen molar-refractivity contribution in [3.8, 4) is 0 Å². The lowest BCUT2D eigenvalue weighted by molar-refractivity contribution is 0.415. The molecule has 1 atom stereocenters. The van der Waals surface area contributed by atoms with Crippen molar-refractivity contribution >= 4 is 11.8 Å². The highest BCUT2D eigenvalue weighted by Crippen LogP contribution is 2.28. The highest BCUT2D eigenvalue weighted by molar-refractivity contribution is 7.98. The molecule has 1 aliphatic rings. The van der Waals surface area contributed by atoms with Gasteiger partial charge in [0.1, 0.15) is 0 Å². The van der Waals surface area contributed by atoms with E-state index in [0.717, 1.165) is 11.7 Å². The second kappa shape index (κ2) is 5.84. The van der Waals surface area contributed by atoms with E-state index in [1.807, 2.05) is 11.8 Å². The second-order valence-corrected chi connectivity index (χ2v) is 4.62. The topological polar surface area (TPSA) is 38.0 Å². The van der Waals surface area contributed by atoms with Crippen molar-refractivity contribution in [2.24, 2.45) is 11.8 Å². The average Bonchev–Trinajstić information content (AvgIpc) is 2.56. The van der Waals surface area contributed by atoms with Gasteiger partial charge in [0.2, 0.25) is 0 Å². The Hall–Kier alpha value is 0.270. The van der Waals surface area contributed by atoms with Gasteiger partial charge in [-0.2, -0.15) is 11.8 Å². The lowest BCUT2D eigenvalue weighted by atomic mass is 10.00. The van der Waals surface area contributed by atoms with Crippen LogP contribution >= 0.6 is 11.8 Å². The monoisotopic (exact) mass is 188 g/mol. The Kier molecular flexibility index (Phi) is 5.04. The zero-order valence-electron chi connectivity index (χ0n) is 7.88. The molecule has 2 nitrogen and oxygen atoms in total. The Morgan fingerprint density at radius 1 is 1.50 bits per heavy atom. The summed E-state index contributed by atoms with van der Waals surface area (Å²) in [5.41, 5.74) is 2.91. The molecule has 0 aromatic rings. The highest BCUT2D eigenvalue weighted by Gasteiger charge is 2.18. The normalized spacial score (nSPS) is 21.5. The predicted octanol–water partition coefficient (Wildman–Crippen LogP) is 1.76. The van der Waals surface area contributed by atoms with Crippen LogP contribution in [0, 0.1) is 5.92 Å². The summed E-state index contributed by atoms with van der Waals surface area (Å²) in [6.07, 6.45) is 9.12. The van der Waals surface area contributed by atoms with Crippen LogP contribution in [0.3, 0.4) is 0 Å². The fourth-order valence-corrected chi connectivity index (χ4v) is 2.67. The van der Waals surface area contributed by atoms with Crippen LogP contribution in [-0.4, -0.2) is 18.1 Å². The molecule has 1 fully saturated rings. The van der Waals surface area contributed by atoms with Crippen LogP contribution in [0.2, 0.25) is 0 Å². The van der Waals surface area contributed by atoms with Gasteiger partial charge in [-0.15, -0.1) is 0 Å². The Bertz CT molecular complexity index is 113. The van der Waals surface area contributed by atoms with Crippen molar-refractivity contribution in [2.45, 2.75) is 38.1 Å². The van der Waals surface area contributed by atoms with Crippen LogP contribution in [0.1, 0.15) is 32.1 Å². The van der Waals surface area contributed by atoms with E-state index < -0.39 is 0 Å². The zero-order valence-corrected chi connectivity index (χ0v) is 8.70. The largest absolute Gasteiger partial charge is 0.271 e. The molecule has 0 aliphatic heterocycles. The number of rotatable bonds is 5. The molecular weight excluding hydrogens is 168 g/mol. The van der Waals surface area contributed by atoms with Crippen molar-refractivity contribution in [1.82, 2.24) is 5.43 Å². The Labute approximate surface area is 79.6 Å². The number of nitrogens with two attached hydrogens (primary N) is 1. The molecule has 3 N–H and O–H groups in total. The lowest BCUT2D eigenvalue weighted by Crippen LogP contribution is -2.38. The van der Waals surface area contributed by atoms with Gasteiger partial charge in [-0.3, -0.25) is 11.3 Å². The Morgan fingerprint density at radius 2 is 2.17 bits per heavy atom. The fraction of sp³-hybridized carbons (Fsp3) is 1.00. The van der Waals surface area contributed by atoms with E-state index in [2.05, 4.69) is 11.7 Å². The van der Waals surface area contributed by atoms with Gasteiger partial charge in [-0.1, -0.05) is 25.7 Å². The number of hydrazine groups is 1. The van der Waals surface area contributed by atoms with Gasteiger partial charge >= 0.3 is 0 Å². The molecule has 0 heterocycles. The number of hydrogen-bond donors (Lipinski definition) is 2. The van der Waals surface area contributed by atoms with Gasteiger partial charge in [-0.05, 0) is 18.6 Å². The van der Waals surface area contributed by atoms with E-state index in [-0.39, 0.29) is 0 Å². The van der Waals surface area contributed by atoms with Crippen molar-refractivity contribution in [3.63, 3.8) is 0 Å². The van der Waals surface area contributed by atoms with Gasteiger partial charge in [-0.25, -0.2) is 0 Å². The lowest BCUT2D eigenvalue weighted by Gasteiger charge is -2.18.